The van der Waals surface area contributed by atoms with Gasteiger partial charge in [0, 0.05) is 61.4 Å². The zero-order valence-electron chi connectivity index (χ0n) is 17.2. The van der Waals surface area contributed by atoms with Gasteiger partial charge in [-0.05, 0) is 37.4 Å². The Morgan fingerprint density at radius 2 is 1.87 bits per heavy atom. The fourth-order valence-electron chi connectivity index (χ4n) is 3.39. The number of carbonyl (C=O) groups is 1. The first-order valence-corrected chi connectivity index (χ1v) is 10.4. The number of amides is 1. The number of pyridine rings is 1. The molecule has 0 aliphatic carbocycles. The average molecular weight is 438 g/mol. The lowest BCUT2D eigenvalue weighted by molar-refractivity contribution is 0.102. The minimum Gasteiger partial charge on any atom is -0.453 e. The van der Waals surface area contributed by atoms with Crippen molar-refractivity contribution in [2.75, 3.05) is 49.2 Å². The second kappa shape index (κ2) is 9.24. The van der Waals surface area contributed by atoms with Crippen molar-refractivity contribution in [2.45, 2.75) is 0 Å². The lowest BCUT2D eigenvalue weighted by atomic mass is 10.1. The highest BCUT2D eigenvalue weighted by molar-refractivity contribution is 6.30. The van der Waals surface area contributed by atoms with E-state index in [1.807, 2.05) is 24.3 Å². The van der Waals surface area contributed by atoms with E-state index >= 15 is 0 Å². The van der Waals surface area contributed by atoms with Gasteiger partial charge in [-0.2, -0.15) is 0 Å². The predicted molar refractivity (Wildman–Crippen MR) is 124 cm³/mol. The van der Waals surface area contributed by atoms with Crippen LogP contribution in [0.25, 0.3) is 0 Å². The molecular formula is C23H24ClN5O2. The van der Waals surface area contributed by atoms with Crippen LogP contribution >= 0.6 is 11.6 Å². The van der Waals surface area contributed by atoms with Crippen molar-refractivity contribution >= 4 is 34.7 Å². The molecule has 1 saturated heterocycles. The van der Waals surface area contributed by atoms with E-state index in [0.717, 1.165) is 31.9 Å². The number of carbonyl (C=O) groups excluding carboxylic acids is 1. The van der Waals surface area contributed by atoms with E-state index in [1.54, 1.807) is 30.3 Å². The molecule has 1 aliphatic rings. The van der Waals surface area contributed by atoms with Crippen LogP contribution in [0.5, 0.6) is 11.5 Å². The second-order valence-electron chi connectivity index (χ2n) is 7.46. The molecule has 8 heteroatoms. The standard InChI is InChI=1S/C23H24ClN5O2/c1-28-8-10-29(11-9-28)19-6-2-4-16(12-19)23(30)27-18-5-3-7-20(14-18)31-21-13-17(24)15-26-22(21)25/h2-7,12-15H,8-11H2,1H3,(H2,25,26)(H,27,30). The van der Waals surface area contributed by atoms with Gasteiger partial charge in [0.1, 0.15) is 5.75 Å². The van der Waals surface area contributed by atoms with Gasteiger partial charge in [0.2, 0.25) is 0 Å². The normalized spacial score (nSPS) is 14.3. The lowest BCUT2D eigenvalue weighted by Gasteiger charge is -2.34. The number of likely N-dealkylation sites (N-methyl/N-ethyl adjacent to an activating group) is 1. The summed E-state index contributed by atoms with van der Waals surface area (Å²) < 4.78 is 5.79. The van der Waals surface area contributed by atoms with Crippen LogP contribution in [0.3, 0.4) is 0 Å². The van der Waals surface area contributed by atoms with Gasteiger partial charge >= 0.3 is 0 Å². The molecule has 1 fully saturated rings. The number of nitrogens with zero attached hydrogens (tertiary/aromatic N) is 3. The predicted octanol–water partition coefficient (Wildman–Crippen LogP) is 4.11. The molecule has 0 spiro atoms. The van der Waals surface area contributed by atoms with Crippen molar-refractivity contribution in [1.82, 2.24) is 9.88 Å². The Kier molecular flexibility index (Phi) is 6.25. The molecule has 1 aromatic heterocycles. The lowest BCUT2D eigenvalue weighted by Crippen LogP contribution is -2.44. The third-order valence-corrected chi connectivity index (χ3v) is 5.35. The topological polar surface area (TPSA) is 83.7 Å². The number of aromatic nitrogens is 1. The van der Waals surface area contributed by atoms with E-state index in [-0.39, 0.29) is 11.7 Å². The van der Waals surface area contributed by atoms with Crippen LogP contribution in [0.4, 0.5) is 17.2 Å². The highest BCUT2D eigenvalue weighted by Gasteiger charge is 2.16. The maximum atomic E-state index is 12.8. The highest BCUT2D eigenvalue weighted by Crippen LogP contribution is 2.30. The number of hydrogen-bond acceptors (Lipinski definition) is 6. The molecule has 7 nitrogen and oxygen atoms in total. The Bertz CT molecular complexity index is 1080. The molecule has 3 N–H and O–H groups in total. The third kappa shape index (κ3) is 5.25. The molecule has 1 aliphatic heterocycles. The average Bonchev–Trinajstić information content (AvgIpc) is 2.77. The number of benzene rings is 2. The molecule has 160 valence electrons. The quantitative estimate of drug-likeness (QED) is 0.624. The number of hydrogen-bond donors (Lipinski definition) is 2. The van der Waals surface area contributed by atoms with E-state index in [0.29, 0.717) is 27.8 Å². The van der Waals surface area contributed by atoms with Crippen LogP contribution in [0.15, 0.2) is 60.8 Å². The van der Waals surface area contributed by atoms with Crippen molar-refractivity contribution < 1.29 is 9.53 Å². The van der Waals surface area contributed by atoms with Gasteiger partial charge in [-0.3, -0.25) is 4.79 Å². The van der Waals surface area contributed by atoms with Crippen LogP contribution in [0, 0.1) is 0 Å². The smallest absolute Gasteiger partial charge is 0.255 e. The first-order chi connectivity index (χ1) is 15.0. The number of anilines is 3. The SMILES string of the molecule is CN1CCN(c2cccc(C(=O)Nc3cccc(Oc4cc(Cl)cnc4N)c3)c2)CC1. The highest BCUT2D eigenvalue weighted by atomic mass is 35.5. The summed E-state index contributed by atoms with van der Waals surface area (Å²) in [7, 11) is 2.12. The van der Waals surface area contributed by atoms with Gasteiger partial charge in [-0.25, -0.2) is 4.98 Å². The molecule has 0 radical (unpaired) electrons. The number of nitrogens with two attached hydrogens (primary N) is 1. The molecule has 4 rings (SSSR count). The van der Waals surface area contributed by atoms with E-state index in [4.69, 9.17) is 22.1 Å². The summed E-state index contributed by atoms with van der Waals surface area (Å²) in [5.74, 6) is 0.923. The molecule has 2 aromatic carbocycles. The van der Waals surface area contributed by atoms with Crippen LogP contribution in [0.2, 0.25) is 5.02 Å². The van der Waals surface area contributed by atoms with E-state index in [2.05, 4.69) is 27.1 Å². The van der Waals surface area contributed by atoms with Gasteiger partial charge < -0.3 is 25.6 Å². The van der Waals surface area contributed by atoms with Crippen molar-refractivity contribution in [2.24, 2.45) is 0 Å². The molecule has 0 bridgehead atoms. The number of ether oxygens (including phenoxy) is 1. The number of piperazine rings is 1. The van der Waals surface area contributed by atoms with Crippen LogP contribution in [-0.2, 0) is 0 Å². The minimum atomic E-state index is -0.183. The van der Waals surface area contributed by atoms with Gasteiger partial charge in [-0.15, -0.1) is 0 Å². The Morgan fingerprint density at radius 3 is 2.68 bits per heavy atom. The Labute approximate surface area is 186 Å². The van der Waals surface area contributed by atoms with Gasteiger partial charge in [-0.1, -0.05) is 23.7 Å². The third-order valence-electron chi connectivity index (χ3n) is 5.14. The maximum Gasteiger partial charge on any atom is 0.255 e. The number of rotatable bonds is 5. The summed E-state index contributed by atoms with van der Waals surface area (Å²) in [5.41, 5.74) is 8.12. The Morgan fingerprint density at radius 1 is 1.10 bits per heavy atom. The first kappa shape index (κ1) is 21.0. The van der Waals surface area contributed by atoms with Crippen molar-refractivity contribution in [3.8, 4) is 11.5 Å². The molecular weight excluding hydrogens is 414 g/mol. The summed E-state index contributed by atoms with van der Waals surface area (Å²) in [5, 5.41) is 3.35. The molecule has 3 aromatic rings. The molecule has 0 atom stereocenters. The fourth-order valence-corrected chi connectivity index (χ4v) is 3.54. The number of halogens is 1. The zero-order chi connectivity index (χ0) is 21.8. The van der Waals surface area contributed by atoms with Crippen molar-refractivity contribution in [3.63, 3.8) is 0 Å². The van der Waals surface area contributed by atoms with Gasteiger partial charge in [0.15, 0.2) is 11.6 Å². The maximum absolute atomic E-state index is 12.8. The van der Waals surface area contributed by atoms with Crippen LogP contribution in [0.1, 0.15) is 10.4 Å². The van der Waals surface area contributed by atoms with E-state index in [9.17, 15) is 4.79 Å². The van der Waals surface area contributed by atoms with Crippen LogP contribution in [-0.4, -0.2) is 49.0 Å². The van der Waals surface area contributed by atoms with E-state index < -0.39 is 0 Å². The first-order valence-electron chi connectivity index (χ1n) is 10.0. The van der Waals surface area contributed by atoms with Crippen LogP contribution < -0.4 is 20.7 Å². The molecule has 0 saturated carbocycles. The second-order valence-corrected chi connectivity index (χ2v) is 7.90. The molecule has 31 heavy (non-hydrogen) atoms. The van der Waals surface area contributed by atoms with Crippen molar-refractivity contribution in [3.05, 3.63) is 71.4 Å². The van der Waals surface area contributed by atoms with Crippen molar-refractivity contribution in [1.29, 1.82) is 0 Å². The van der Waals surface area contributed by atoms with Gasteiger partial charge in [0.25, 0.3) is 5.91 Å². The van der Waals surface area contributed by atoms with Gasteiger partial charge in [0.05, 0.1) is 5.02 Å². The summed E-state index contributed by atoms with van der Waals surface area (Å²) in [6, 6.07) is 16.4. The van der Waals surface area contributed by atoms with E-state index in [1.165, 1.54) is 6.20 Å². The molecule has 1 amide bonds. The molecule has 0 unspecified atom stereocenters. The number of nitrogen functional groups attached to an aromatic ring is 1. The molecule has 2 heterocycles. The fraction of sp³-hybridized carbons (Fsp3) is 0.217. The summed E-state index contributed by atoms with van der Waals surface area (Å²) in [6.07, 6.45) is 1.46. The number of nitrogens with one attached hydrogen (secondary N) is 1. The Balaban J connectivity index is 1.46. The monoisotopic (exact) mass is 437 g/mol. The Hall–Kier alpha value is -3.29. The zero-order valence-corrected chi connectivity index (χ0v) is 18.0. The largest absolute Gasteiger partial charge is 0.453 e. The summed E-state index contributed by atoms with van der Waals surface area (Å²) >= 11 is 5.97. The summed E-state index contributed by atoms with van der Waals surface area (Å²) in [6.45, 7) is 3.91. The minimum absolute atomic E-state index is 0.183. The summed E-state index contributed by atoms with van der Waals surface area (Å²) in [4.78, 5) is 21.4.